The van der Waals surface area contributed by atoms with Gasteiger partial charge in [0.1, 0.15) is 0 Å². The second-order valence-electron chi connectivity index (χ2n) is 5.48. The molecule has 0 bridgehead atoms. The van der Waals surface area contributed by atoms with Crippen molar-refractivity contribution in [2.75, 3.05) is 7.11 Å². The summed E-state index contributed by atoms with van der Waals surface area (Å²) in [6.07, 6.45) is 4.32. The van der Waals surface area contributed by atoms with Crippen LogP contribution in [0.25, 0.3) is 0 Å². The van der Waals surface area contributed by atoms with Gasteiger partial charge in [0.15, 0.2) is 5.79 Å². The number of hydrogen-bond acceptors (Lipinski definition) is 6. The molecule has 0 spiro atoms. The first-order valence-electron chi connectivity index (χ1n) is 7.05. The van der Waals surface area contributed by atoms with Gasteiger partial charge >= 0.3 is 12.1 Å². The average molecular weight is 298 g/mol. The summed E-state index contributed by atoms with van der Waals surface area (Å²) in [7, 11) is 1.35. The minimum absolute atomic E-state index is 0.311. The monoisotopic (exact) mass is 298 g/mol. The minimum Gasteiger partial charge on any atom is -0.466 e. The first-order chi connectivity index (χ1) is 9.90. The van der Waals surface area contributed by atoms with Gasteiger partial charge < -0.3 is 9.47 Å². The van der Waals surface area contributed by atoms with E-state index in [1.54, 1.807) is 13.8 Å². The van der Waals surface area contributed by atoms with Crippen LogP contribution in [-0.4, -0.2) is 31.1 Å². The van der Waals surface area contributed by atoms with E-state index in [2.05, 4.69) is 11.3 Å². The molecule has 0 aromatic heterocycles. The summed E-state index contributed by atoms with van der Waals surface area (Å²) in [5.74, 6) is -1.17. The van der Waals surface area contributed by atoms with E-state index in [9.17, 15) is 4.79 Å². The Hall–Kier alpha value is -1.37. The molecular weight excluding hydrogens is 276 g/mol. The molecule has 2 fully saturated rings. The first-order valence-corrected chi connectivity index (χ1v) is 7.05. The van der Waals surface area contributed by atoms with Gasteiger partial charge in [0.05, 0.1) is 19.5 Å². The van der Waals surface area contributed by atoms with Crippen molar-refractivity contribution in [2.45, 2.75) is 57.6 Å². The van der Waals surface area contributed by atoms with Crippen LogP contribution in [0.2, 0.25) is 0 Å². The number of rotatable bonds is 5. The Morgan fingerprint density at radius 3 is 2.67 bits per heavy atom. The molecule has 1 aliphatic carbocycles. The van der Waals surface area contributed by atoms with Crippen LogP contribution in [0, 0.1) is 0 Å². The minimum atomic E-state index is -1.58. The van der Waals surface area contributed by atoms with Gasteiger partial charge in [-0.1, -0.05) is 13.0 Å². The van der Waals surface area contributed by atoms with Gasteiger partial charge in [-0.15, -0.1) is 0 Å². The SMILES string of the molecule is C=COC1(OC2CCCC/C2=C\C(=O)OC)OC(C)(C)O1. The zero-order chi connectivity index (χ0) is 15.5. The fourth-order valence-electron chi connectivity index (χ4n) is 2.53. The third-order valence-corrected chi connectivity index (χ3v) is 3.36. The van der Waals surface area contributed by atoms with E-state index in [0.29, 0.717) is 0 Å². The van der Waals surface area contributed by atoms with Gasteiger partial charge in [0.25, 0.3) is 0 Å². The molecule has 0 aromatic rings. The van der Waals surface area contributed by atoms with Crippen molar-refractivity contribution in [2.24, 2.45) is 0 Å². The fourth-order valence-corrected chi connectivity index (χ4v) is 2.53. The second kappa shape index (κ2) is 6.17. The molecule has 2 aliphatic rings. The Labute approximate surface area is 124 Å². The lowest BCUT2D eigenvalue weighted by Crippen LogP contribution is -2.63. The molecule has 1 unspecified atom stereocenters. The smallest absolute Gasteiger partial charge is 0.465 e. The van der Waals surface area contributed by atoms with E-state index in [0.717, 1.165) is 31.3 Å². The molecule has 1 heterocycles. The summed E-state index contributed by atoms with van der Waals surface area (Å²) in [5, 5.41) is 0. The van der Waals surface area contributed by atoms with Crippen molar-refractivity contribution in [1.29, 1.82) is 0 Å². The van der Waals surface area contributed by atoms with Crippen molar-refractivity contribution in [3.8, 4) is 0 Å². The van der Waals surface area contributed by atoms with Gasteiger partial charge in [-0.2, -0.15) is 0 Å². The van der Waals surface area contributed by atoms with Gasteiger partial charge in [-0.25, -0.2) is 4.79 Å². The van der Waals surface area contributed by atoms with E-state index in [4.69, 9.17) is 18.9 Å². The normalized spacial score (nSPS) is 28.5. The lowest BCUT2D eigenvalue weighted by atomic mass is 9.91. The zero-order valence-corrected chi connectivity index (χ0v) is 12.7. The molecular formula is C15H22O6. The molecule has 0 radical (unpaired) electrons. The lowest BCUT2D eigenvalue weighted by molar-refractivity contribution is -0.649. The van der Waals surface area contributed by atoms with Crippen LogP contribution in [0.4, 0.5) is 0 Å². The first kappa shape index (κ1) is 16.0. The van der Waals surface area contributed by atoms with Crippen LogP contribution in [0.15, 0.2) is 24.5 Å². The Kier molecular flexibility index (Phi) is 4.70. The van der Waals surface area contributed by atoms with E-state index in [1.807, 2.05) is 0 Å². The molecule has 1 saturated carbocycles. The average Bonchev–Trinajstić information content (AvgIpc) is 2.39. The molecule has 2 rings (SSSR count). The highest BCUT2D eigenvalue weighted by molar-refractivity contribution is 5.82. The molecule has 1 aliphatic heterocycles. The second-order valence-corrected chi connectivity index (χ2v) is 5.48. The number of hydrogen-bond donors (Lipinski definition) is 0. The predicted molar refractivity (Wildman–Crippen MR) is 73.7 cm³/mol. The summed E-state index contributed by atoms with van der Waals surface area (Å²) < 4.78 is 26.9. The van der Waals surface area contributed by atoms with Crippen molar-refractivity contribution in [3.63, 3.8) is 0 Å². The highest BCUT2D eigenvalue weighted by Crippen LogP contribution is 2.42. The number of esters is 1. The predicted octanol–water partition coefficient (Wildman–Crippen LogP) is 2.60. The van der Waals surface area contributed by atoms with Crippen LogP contribution in [-0.2, 0) is 28.5 Å². The van der Waals surface area contributed by atoms with Crippen molar-refractivity contribution in [3.05, 3.63) is 24.5 Å². The van der Waals surface area contributed by atoms with E-state index < -0.39 is 17.9 Å². The Balaban J connectivity index is 2.09. The van der Waals surface area contributed by atoms with E-state index >= 15 is 0 Å². The zero-order valence-electron chi connectivity index (χ0n) is 12.7. The molecule has 0 aromatic carbocycles. The molecule has 1 saturated heterocycles. The number of methoxy groups -OCH3 is 1. The van der Waals surface area contributed by atoms with Crippen LogP contribution in [0.1, 0.15) is 39.5 Å². The Morgan fingerprint density at radius 1 is 1.38 bits per heavy atom. The quantitative estimate of drug-likeness (QED) is 0.336. The van der Waals surface area contributed by atoms with E-state index in [-0.39, 0.29) is 6.10 Å². The summed E-state index contributed by atoms with van der Waals surface area (Å²) in [5.41, 5.74) is 0.858. The summed E-state index contributed by atoms with van der Waals surface area (Å²) in [6, 6.07) is 0. The lowest BCUT2D eigenvalue weighted by Gasteiger charge is -2.50. The number of carbonyl (C=O) groups excluding carboxylic acids is 1. The highest BCUT2D eigenvalue weighted by atomic mass is 17.1. The van der Waals surface area contributed by atoms with Gasteiger partial charge in [-0.3, -0.25) is 14.2 Å². The molecule has 0 N–H and O–H groups in total. The van der Waals surface area contributed by atoms with Crippen LogP contribution in [0.3, 0.4) is 0 Å². The Morgan fingerprint density at radius 2 is 2.10 bits per heavy atom. The molecule has 0 amide bonds. The number of carbonyl (C=O) groups is 1. The largest absolute Gasteiger partial charge is 0.466 e. The van der Waals surface area contributed by atoms with Gasteiger partial charge in [0, 0.05) is 6.08 Å². The van der Waals surface area contributed by atoms with Crippen molar-refractivity contribution in [1.82, 2.24) is 0 Å². The molecule has 21 heavy (non-hydrogen) atoms. The van der Waals surface area contributed by atoms with Gasteiger partial charge in [0.2, 0.25) is 0 Å². The standard InChI is InChI=1S/C15H22O6/c1-5-18-15(20-14(2,3)21-15)19-12-9-7-6-8-11(12)10-13(16)17-4/h5,10,12H,1,6-9H2,2-4H3/b11-10+. The maximum atomic E-state index is 11.4. The van der Waals surface area contributed by atoms with Crippen molar-refractivity contribution >= 4 is 5.97 Å². The highest BCUT2D eigenvalue weighted by Gasteiger charge is 2.58. The summed E-state index contributed by atoms with van der Waals surface area (Å²) >= 11 is 0. The maximum Gasteiger partial charge on any atom is 0.465 e. The van der Waals surface area contributed by atoms with Gasteiger partial charge in [-0.05, 0) is 38.7 Å². The van der Waals surface area contributed by atoms with Crippen LogP contribution in [0.5, 0.6) is 0 Å². The summed E-state index contributed by atoms with van der Waals surface area (Å²) in [4.78, 5) is 11.4. The molecule has 118 valence electrons. The third-order valence-electron chi connectivity index (χ3n) is 3.36. The van der Waals surface area contributed by atoms with E-state index in [1.165, 1.54) is 19.4 Å². The van der Waals surface area contributed by atoms with Crippen LogP contribution < -0.4 is 0 Å². The number of ether oxygens (including phenoxy) is 5. The third kappa shape index (κ3) is 3.84. The molecule has 6 heteroatoms. The Bertz CT molecular complexity index is 431. The van der Waals surface area contributed by atoms with Crippen LogP contribution >= 0.6 is 0 Å². The topological polar surface area (TPSA) is 63.2 Å². The molecule has 6 nitrogen and oxygen atoms in total. The maximum absolute atomic E-state index is 11.4. The van der Waals surface area contributed by atoms with Crippen molar-refractivity contribution < 1.29 is 28.5 Å². The molecule has 1 atom stereocenters. The summed E-state index contributed by atoms with van der Waals surface area (Å²) in [6.45, 7) is 7.01. The fraction of sp³-hybridized carbons (Fsp3) is 0.667.